The first-order valence-electron chi connectivity index (χ1n) is 6.85. The molecule has 0 saturated carbocycles. The van der Waals surface area contributed by atoms with Gasteiger partial charge in [-0.25, -0.2) is 4.68 Å². The number of hydrogen-bond donors (Lipinski definition) is 1. The van der Waals surface area contributed by atoms with Gasteiger partial charge in [0.05, 0.1) is 30.6 Å². The fraction of sp³-hybridized carbons (Fsp3) is 0.846. The summed E-state index contributed by atoms with van der Waals surface area (Å²) >= 11 is 0. The zero-order chi connectivity index (χ0) is 13.7. The minimum Gasteiger partial charge on any atom is -0.383 e. The van der Waals surface area contributed by atoms with E-state index in [1.165, 1.54) is 0 Å². The second-order valence-corrected chi connectivity index (χ2v) is 5.64. The maximum absolute atomic E-state index is 5.95. The Morgan fingerprint density at radius 2 is 2.42 bits per heavy atom. The minimum absolute atomic E-state index is 0.00971. The van der Waals surface area contributed by atoms with Gasteiger partial charge >= 0.3 is 0 Å². The van der Waals surface area contributed by atoms with Gasteiger partial charge in [0.15, 0.2) is 0 Å². The van der Waals surface area contributed by atoms with Crippen LogP contribution >= 0.6 is 0 Å². The lowest BCUT2D eigenvalue weighted by Gasteiger charge is -2.18. The highest BCUT2D eigenvalue weighted by atomic mass is 16.5. The summed E-state index contributed by atoms with van der Waals surface area (Å²) in [7, 11) is 1.70. The molecule has 0 radical (unpaired) electrons. The Balaban J connectivity index is 1.75. The van der Waals surface area contributed by atoms with Crippen LogP contribution in [0.15, 0.2) is 6.20 Å². The second kappa shape index (κ2) is 6.45. The highest BCUT2D eigenvalue weighted by Crippen LogP contribution is 2.29. The molecule has 1 aromatic rings. The van der Waals surface area contributed by atoms with Crippen molar-refractivity contribution in [2.75, 3.05) is 20.3 Å². The molecule has 0 aliphatic carbocycles. The lowest BCUT2D eigenvalue weighted by molar-refractivity contribution is -0.0231. The monoisotopic (exact) mass is 268 g/mol. The highest BCUT2D eigenvalue weighted by Gasteiger charge is 2.31. The normalized spacial score (nSPS) is 21.9. The van der Waals surface area contributed by atoms with Crippen molar-refractivity contribution in [3.8, 4) is 0 Å². The van der Waals surface area contributed by atoms with Crippen molar-refractivity contribution in [1.29, 1.82) is 0 Å². The van der Waals surface area contributed by atoms with Gasteiger partial charge in [0, 0.05) is 26.4 Å². The lowest BCUT2D eigenvalue weighted by atomic mass is 10.1. The molecule has 0 amide bonds. The van der Waals surface area contributed by atoms with Crippen LogP contribution in [0.1, 0.15) is 32.4 Å². The number of methoxy groups -OCH3 is 1. The lowest BCUT2D eigenvalue weighted by Crippen LogP contribution is -2.23. The molecule has 6 heteroatoms. The van der Waals surface area contributed by atoms with Gasteiger partial charge in [0.25, 0.3) is 0 Å². The quantitative estimate of drug-likeness (QED) is 0.747. The maximum atomic E-state index is 5.95. The number of nitrogens with zero attached hydrogens (tertiary/aromatic N) is 3. The average molecular weight is 268 g/mol. The summed E-state index contributed by atoms with van der Waals surface area (Å²) in [5.41, 5.74) is 0.962. The molecular weight excluding hydrogens is 244 g/mol. The van der Waals surface area contributed by atoms with Crippen LogP contribution in [-0.2, 0) is 22.6 Å². The fourth-order valence-corrected chi connectivity index (χ4v) is 2.31. The third-order valence-electron chi connectivity index (χ3n) is 3.32. The van der Waals surface area contributed by atoms with E-state index in [4.69, 9.17) is 9.47 Å². The summed E-state index contributed by atoms with van der Waals surface area (Å²) in [4.78, 5) is 0. The number of rotatable bonds is 7. The van der Waals surface area contributed by atoms with E-state index in [1.54, 1.807) is 7.11 Å². The Morgan fingerprint density at radius 1 is 1.58 bits per heavy atom. The van der Waals surface area contributed by atoms with Gasteiger partial charge in [-0.3, -0.25) is 0 Å². The molecule has 19 heavy (non-hydrogen) atoms. The molecule has 1 atom stereocenters. The van der Waals surface area contributed by atoms with Gasteiger partial charge in [-0.15, -0.1) is 5.10 Å². The Kier molecular flexibility index (Phi) is 4.90. The van der Waals surface area contributed by atoms with Crippen LogP contribution in [-0.4, -0.2) is 47.0 Å². The van der Waals surface area contributed by atoms with Gasteiger partial charge in [-0.1, -0.05) is 5.21 Å². The topological polar surface area (TPSA) is 61.2 Å². The zero-order valence-corrected chi connectivity index (χ0v) is 12.1. The molecule has 0 bridgehead atoms. The van der Waals surface area contributed by atoms with Gasteiger partial charge in [0.1, 0.15) is 0 Å². The van der Waals surface area contributed by atoms with Crippen molar-refractivity contribution in [3.63, 3.8) is 0 Å². The predicted octanol–water partition coefficient (Wildman–Crippen LogP) is 0.972. The van der Waals surface area contributed by atoms with E-state index >= 15 is 0 Å². The Labute approximate surface area is 114 Å². The van der Waals surface area contributed by atoms with E-state index < -0.39 is 0 Å². The molecule has 2 heterocycles. The third-order valence-corrected chi connectivity index (χ3v) is 3.32. The summed E-state index contributed by atoms with van der Waals surface area (Å²) in [5.74, 6) is 0. The molecule has 1 unspecified atom stereocenters. The molecule has 1 saturated heterocycles. The third kappa shape index (κ3) is 4.56. The van der Waals surface area contributed by atoms with Crippen molar-refractivity contribution in [2.24, 2.45) is 0 Å². The molecule has 0 aromatic carbocycles. The SMILES string of the molecule is COCCNCc1cn(CC2CCC(C)(C)O2)nn1. The molecule has 6 nitrogen and oxygen atoms in total. The van der Waals surface area contributed by atoms with Crippen LogP contribution in [0, 0.1) is 0 Å². The summed E-state index contributed by atoms with van der Waals surface area (Å²) < 4.78 is 12.8. The summed E-state index contributed by atoms with van der Waals surface area (Å²) in [6, 6.07) is 0. The standard InChI is InChI=1S/C13H24N4O2/c1-13(2)5-4-12(19-13)10-17-9-11(15-16-17)8-14-6-7-18-3/h9,12,14H,4-8,10H2,1-3H3. The van der Waals surface area contributed by atoms with Crippen molar-refractivity contribution < 1.29 is 9.47 Å². The van der Waals surface area contributed by atoms with Crippen LogP contribution in [0.3, 0.4) is 0 Å². The Bertz CT molecular complexity index is 392. The number of ether oxygens (including phenoxy) is 2. The van der Waals surface area contributed by atoms with E-state index in [2.05, 4.69) is 29.5 Å². The largest absolute Gasteiger partial charge is 0.383 e. The van der Waals surface area contributed by atoms with Gasteiger partial charge in [0.2, 0.25) is 0 Å². The maximum Gasteiger partial charge on any atom is 0.0964 e. The molecule has 1 N–H and O–H groups in total. The highest BCUT2D eigenvalue weighted by molar-refractivity contribution is 4.92. The number of aromatic nitrogens is 3. The minimum atomic E-state index is 0.00971. The van der Waals surface area contributed by atoms with Crippen molar-refractivity contribution in [2.45, 2.75) is 51.5 Å². The van der Waals surface area contributed by atoms with Crippen LogP contribution in [0.4, 0.5) is 0 Å². The van der Waals surface area contributed by atoms with E-state index in [1.807, 2.05) is 10.9 Å². The van der Waals surface area contributed by atoms with Crippen molar-refractivity contribution >= 4 is 0 Å². The van der Waals surface area contributed by atoms with E-state index in [0.717, 1.165) is 38.2 Å². The van der Waals surface area contributed by atoms with E-state index in [-0.39, 0.29) is 11.7 Å². The second-order valence-electron chi connectivity index (χ2n) is 5.64. The zero-order valence-electron chi connectivity index (χ0n) is 12.1. The van der Waals surface area contributed by atoms with Crippen molar-refractivity contribution in [1.82, 2.24) is 20.3 Å². The fourth-order valence-electron chi connectivity index (χ4n) is 2.31. The molecule has 1 aliphatic rings. The molecule has 2 rings (SSSR count). The number of hydrogen-bond acceptors (Lipinski definition) is 5. The smallest absolute Gasteiger partial charge is 0.0964 e. The number of nitrogens with one attached hydrogen (secondary N) is 1. The first-order valence-corrected chi connectivity index (χ1v) is 6.85. The van der Waals surface area contributed by atoms with Crippen LogP contribution in [0.2, 0.25) is 0 Å². The van der Waals surface area contributed by atoms with E-state index in [0.29, 0.717) is 6.61 Å². The average Bonchev–Trinajstić information content (AvgIpc) is 2.92. The van der Waals surface area contributed by atoms with Crippen molar-refractivity contribution in [3.05, 3.63) is 11.9 Å². The van der Waals surface area contributed by atoms with Crippen LogP contribution in [0.5, 0.6) is 0 Å². The van der Waals surface area contributed by atoms with Gasteiger partial charge in [-0.2, -0.15) is 0 Å². The Morgan fingerprint density at radius 3 is 3.11 bits per heavy atom. The van der Waals surface area contributed by atoms with E-state index in [9.17, 15) is 0 Å². The summed E-state index contributed by atoms with van der Waals surface area (Å²) in [6.45, 7) is 7.32. The summed E-state index contributed by atoms with van der Waals surface area (Å²) in [6.07, 6.45) is 4.44. The molecule has 0 spiro atoms. The van der Waals surface area contributed by atoms with Gasteiger partial charge < -0.3 is 14.8 Å². The van der Waals surface area contributed by atoms with Gasteiger partial charge in [-0.05, 0) is 26.7 Å². The molecule has 1 aliphatic heterocycles. The van der Waals surface area contributed by atoms with Crippen LogP contribution < -0.4 is 5.32 Å². The predicted molar refractivity (Wildman–Crippen MR) is 71.8 cm³/mol. The van der Waals surface area contributed by atoms with Crippen LogP contribution in [0.25, 0.3) is 0 Å². The summed E-state index contributed by atoms with van der Waals surface area (Å²) in [5, 5.41) is 11.5. The molecule has 1 aromatic heterocycles. The first-order chi connectivity index (χ1) is 9.09. The molecular formula is C13H24N4O2. The Hall–Kier alpha value is -0.980. The molecule has 1 fully saturated rings. The first kappa shape index (κ1) is 14.4. The molecule has 108 valence electrons.